The van der Waals surface area contributed by atoms with Crippen molar-refractivity contribution in [1.82, 2.24) is 10.2 Å². The number of hydrogen-bond acceptors (Lipinski definition) is 4. The van der Waals surface area contributed by atoms with Crippen LogP contribution >= 0.6 is 0 Å². The molecule has 0 spiro atoms. The van der Waals surface area contributed by atoms with E-state index in [9.17, 15) is 18.8 Å². The van der Waals surface area contributed by atoms with Crippen LogP contribution in [0.25, 0.3) is 0 Å². The van der Waals surface area contributed by atoms with Crippen molar-refractivity contribution in [1.29, 1.82) is 5.26 Å². The molecule has 1 aliphatic heterocycles. The van der Waals surface area contributed by atoms with E-state index in [0.717, 1.165) is 17.4 Å². The van der Waals surface area contributed by atoms with Crippen LogP contribution in [-0.4, -0.2) is 29.2 Å². The van der Waals surface area contributed by atoms with E-state index in [-0.39, 0.29) is 59.7 Å². The van der Waals surface area contributed by atoms with Crippen molar-refractivity contribution in [2.24, 2.45) is 23.7 Å². The van der Waals surface area contributed by atoms with Gasteiger partial charge >= 0.3 is 0 Å². The Morgan fingerprint density at radius 2 is 1.88 bits per heavy atom. The molecule has 1 heterocycles. The van der Waals surface area contributed by atoms with Crippen molar-refractivity contribution in [3.05, 3.63) is 47.3 Å². The minimum absolute atomic E-state index is 0.0771. The molecule has 132 valence electrons. The predicted octanol–water partition coefficient (Wildman–Crippen LogP) is 1.12. The molecule has 2 aliphatic carbocycles. The number of likely N-dealkylation sites (tertiary alicyclic amines) is 1. The maximum absolute atomic E-state index is 13.8. The van der Waals surface area contributed by atoms with Gasteiger partial charge < -0.3 is 5.32 Å². The van der Waals surface area contributed by atoms with E-state index in [1.807, 2.05) is 18.2 Å². The maximum atomic E-state index is 13.8. The molecule has 3 aliphatic rings. The Kier molecular flexibility index (Phi) is 3.83. The van der Waals surface area contributed by atoms with E-state index in [1.165, 1.54) is 12.1 Å². The summed E-state index contributed by atoms with van der Waals surface area (Å²) in [6, 6.07) is 5.82. The smallest absolute Gasteiger partial charge is 0.240 e. The van der Waals surface area contributed by atoms with Gasteiger partial charge in [0.15, 0.2) is 0 Å². The number of nitrogens with one attached hydrogen (secondary N) is 1. The molecule has 4 atom stereocenters. The van der Waals surface area contributed by atoms with Gasteiger partial charge in [-0.05, 0) is 30.4 Å². The predicted molar refractivity (Wildman–Crippen MR) is 87.4 cm³/mol. The molecule has 2 fully saturated rings. The van der Waals surface area contributed by atoms with Crippen LogP contribution in [0, 0.1) is 40.8 Å². The highest BCUT2D eigenvalue weighted by atomic mass is 19.1. The summed E-state index contributed by atoms with van der Waals surface area (Å²) in [7, 11) is 0. The molecular formula is C19H16FN3O3. The van der Waals surface area contributed by atoms with Gasteiger partial charge in [-0.25, -0.2) is 4.39 Å². The minimum atomic E-state index is -0.588. The topological polar surface area (TPSA) is 90.3 Å². The first-order valence-electron chi connectivity index (χ1n) is 8.48. The molecule has 26 heavy (non-hydrogen) atoms. The van der Waals surface area contributed by atoms with Gasteiger partial charge in [0.2, 0.25) is 17.7 Å². The molecule has 0 radical (unpaired) electrons. The second kappa shape index (κ2) is 6.06. The summed E-state index contributed by atoms with van der Waals surface area (Å²) in [5.41, 5.74) is 0.427. The molecule has 0 aromatic heterocycles. The summed E-state index contributed by atoms with van der Waals surface area (Å²) >= 11 is 0. The van der Waals surface area contributed by atoms with Gasteiger partial charge in [-0.3, -0.25) is 19.3 Å². The molecule has 1 aromatic rings. The maximum Gasteiger partial charge on any atom is 0.240 e. The van der Waals surface area contributed by atoms with Gasteiger partial charge in [-0.15, -0.1) is 0 Å². The van der Waals surface area contributed by atoms with Gasteiger partial charge in [-0.2, -0.15) is 5.26 Å². The van der Waals surface area contributed by atoms with Crippen LogP contribution in [0.1, 0.15) is 17.5 Å². The van der Waals surface area contributed by atoms with Crippen molar-refractivity contribution in [2.75, 3.05) is 6.54 Å². The van der Waals surface area contributed by atoms with Crippen LogP contribution in [0.15, 0.2) is 30.4 Å². The van der Waals surface area contributed by atoms with Gasteiger partial charge in [0.1, 0.15) is 12.4 Å². The molecule has 6 nitrogen and oxygen atoms in total. The second-order valence-corrected chi connectivity index (χ2v) is 6.96. The molecule has 2 bridgehead atoms. The van der Waals surface area contributed by atoms with Crippen molar-refractivity contribution < 1.29 is 18.8 Å². The molecule has 4 rings (SSSR count). The van der Waals surface area contributed by atoms with Crippen molar-refractivity contribution in [3.8, 4) is 6.07 Å². The number of fused-ring (bicyclic) bond motifs is 5. The highest BCUT2D eigenvalue weighted by molar-refractivity contribution is 6.08. The third-order valence-corrected chi connectivity index (χ3v) is 5.52. The van der Waals surface area contributed by atoms with Gasteiger partial charge in [0.05, 0.1) is 23.5 Å². The van der Waals surface area contributed by atoms with Gasteiger partial charge in [0, 0.05) is 12.1 Å². The summed E-state index contributed by atoms with van der Waals surface area (Å²) in [4.78, 5) is 38.2. The van der Waals surface area contributed by atoms with Crippen LogP contribution in [0.3, 0.4) is 0 Å². The Morgan fingerprint density at radius 3 is 2.46 bits per heavy atom. The Morgan fingerprint density at radius 1 is 1.23 bits per heavy atom. The van der Waals surface area contributed by atoms with Crippen LogP contribution in [0.5, 0.6) is 0 Å². The number of carbonyl (C=O) groups is 3. The average molecular weight is 353 g/mol. The third kappa shape index (κ3) is 2.49. The highest BCUT2D eigenvalue weighted by Gasteiger charge is 2.59. The molecule has 1 aromatic carbocycles. The number of rotatable bonds is 4. The first kappa shape index (κ1) is 16.5. The van der Waals surface area contributed by atoms with E-state index in [4.69, 9.17) is 5.26 Å². The Labute approximate surface area is 149 Å². The number of nitriles is 1. The van der Waals surface area contributed by atoms with Gasteiger partial charge in [0.25, 0.3) is 0 Å². The van der Waals surface area contributed by atoms with E-state index >= 15 is 0 Å². The number of hydrogen-bond donors (Lipinski definition) is 1. The molecule has 1 saturated carbocycles. The van der Waals surface area contributed by atoms with Crippen LogP contribution in [0.2, 0.25) is 0 Å². The lowest BCUT2D eigenvalue weighted by atomic mass is 9.85. The lowest BCUT2D eigenvalue weighted by Gasteiger charge is -2.17. The highest BCUT2D eigenvalue weighted by Crippen LogP contribution is 2.52. The van der Waals surface area contributed by atoms with E-state index in [1.54, 1.807) is 0 Å². The Bertz CT molecular complexity index is 859. The number of benzene rings is 1. The van der Waals surface area contributed by atoms with Crippen molar-refractivity contribution >= 4 is 17.7 Å². The van der Waals surface area contributed by atoms with E-state index in [2.05, 4.69) is 5.32 Å². The third-order valence-electron chi connectivity index (χ3n) is 5.52. The quantitative estimate of drug-likeness (QED) is 0.649. The molecule has 4 unspecified atom stereocenters. The standard InChI is InChI=1S/C19H16FN3O3/c20-14-5-10(7-21)1-2-13(14)8-22-15(24)9-23-18(25)16-11-3-4-12(6-11)17(16)19(23)26/h1-5,11-12,16-17H,6,8-9H2,(H,22,24). The zero-order valence-corrected chi connectivity index (χ0v) is 13.8. The van der Waals surface area contributed by atoms with Gasteiger partial charge in [-0.1, -0.05) is 18.2 Å². The largest absolute Gasteiger partial charge is 0.350 e. The number of allylic oxidation sites excluding steroid dienone is 2. The molecule has 1 saturated heterocycles. The molecular weight excluding hydrogens is 337 g/mol. The zero-order valence-electron chi connectivity index (χ0n) is 13.8. The van der Waals surface area contributed by atoms with Crippen LogP contribution in [-0.2, 0) is 20.9 Å². The first-order chi connectivity index (χ1) is 12.5. The second-order valence-electron chi connectivity index (χ2n) is 6.96. The number of nitrogens with zero attached hydrogens (tertiary/aromatic N) is 2. The number of amides is 3. The fraction of sp³-hybridized carbons (Fsp3) is 0.368. The van der Waals surface area contributed by atoms with E-state index in [0.29, 0.717) is 0 Å². The zero-order chi connectivity index (χ0) is 18.4. The summed E-state index contributed by atoms with van der Waals surface area (Å²) < 4.78 is 13.8. The number of carbonyl (C=O) groups excluding carboxylic acids is 3. The van der Waals surface area contributed by atoms with Crippen molar-refractivity contribution in [3.63, 3.8) is 0 Å². The normalized spacial score (nSPS) is 28.4. The molecule has 1 N–H and O–H groups in total. The van der Waals surface area contributed by atoms with E-state index < -0.39 is 11.7 Å². The summed E-state index contributed by atoms with van der Waals surface area (Å²) in [5, 5.41) is 11.3. The molecule has 7 heteroatoms. The Balaban J connectivity index is 1.38. The van der Waals surface area contributed by atoms with Crippen LogP contribution < -0.4 is 5.32 Å². The first-order valence-corrected chi connectivity index (χ1v) is 8.48. The fourth-order valence-corrected chi connectivity index (χ4v) is 4.27. The monoisotopic (exact) mass is 353 g/mol. The Hall–Kier alpha value is -3.01. The average Bonchev–Trinajstić information content (AvgIpc) is 3.30. The SMILES string of the molecule is N#Cc1ccc(CNC(=O)CN2C(=O)C3C4C=CC(C4)C3C2=O)c(F)c1. The summed E-state index contributed by atoms with van der Waals surface area (Å²) in [6.07, 6.45) is 4.83. The summed E-state index contributed by atoms with van der Waals surface area (Å²) in [6.45, 7) is -0.422. The lowest BCUT2D eigenvalue weighted by molar-refractivity contribution is -0.144. The fourth-order valence-electron chi connectivity index (χ4n) is 4.27. The lowest BCUT2D eigenvalue weighted by Crippen LogP contribution is -2.41. The minimum Gasteiger partial charge on any atom is -0.350 e. The van der Waals surface area contributed by atoms with Crippen LogP contribution in [0.4, 0.5) is 4.39 Å². The molecule has 3 amide bonds. The van der Waals surface area contributed by atoms with Crippen molar-refractivity contribution in [2.45, 2.75) is 13.0 Å². The number of imide groups is 1. The number of halogens is 1. The summed E-state index contributed by atoms with van der Waals surface area (Å²) in [5.74, 6) is -2.13.